The fourth-order valence-electron chi connectivity index (χ4n) is 3.53. The summed E-state index contributed by atoms with van der Waals surface area (Å²) in [6, 6.07) is 6.12. The van der Waals surface area contributed by atoms with E-state index in [1.165, 1.54) is 17.7 Å². The highest BCUT2D eigenvalue weighted by molar-refractivity contribution is 5.79. The maximum atomic E-state index is 13.0. The molecule has 0 spiro atoms. The van der Waals surface area contributed by atoms with Gasteiger partial charge in [0, 0.05) is 56.0 Å². The van der Waals surface area contributed by atoms with Gasteiger partial charge in [0.25, 0.3) is 0 Å². The predicted molar refractivity (Wildman–Crippen MR) is 91.5 cm³/mol. The van der Waals surface area contributed by atoms with E-state index in [9.17, 15) is 9.18 Å². The molecule has 0 saturated carbocycles. The summed E-state index contributed by atoms with van der Waals surface area (Å²) in [6.45, 7) is 3.18. The number of nitrogens with zero attached hydrogens (tertiary/aromatic N) is 3. The maximum Gasteiger partial charge on any atom is 0.227 e. The molecular formula is C19H21FN4O. The molecule has 4 rings (SSSR count). The minimum Gasteiger partial charge on any atom is -0.342 e. The number of amides is 1. The zero-order chi connectivity index (χ0) is 17.2. The molecule has 1 saturated heterocycles. The lowest BCUT2D eigenvalue weighted by atomic mass is 10.1. The van der Waals surface area contributed by atoms with Gasteiger partial charge in [-0.25, -0.2) is 14.4 Å². The van der Waals surface area contributed by atoms with Gasteiger partial charge in [0.1, 0.15) is 11.6 Å². The van der Waals surface area contributed by atoms with Crippen LogP contribution >= 0.6 is 0 Å². The van der Waals surface area contributed by atoms with Crippen molar-refractivity contribution < 1.29 is 9.18 Å². The molecule has 2 aliphatic heterocycles. The molecule has 1 fully saturated rings. The molecule has 0 bridgehead atoms. The zero-order valence-corrected chi connectivity index (χ0v) is 14.0. The van der Waals surface area contributed by atoms with Crippen LogP contribution in [-0.2, 0) is 24.2 Å². The molecular weight excluding hydrogens is 319 g/mol. The maximum absolute atomic E-state index is 13.0. The molecule has 6 heteroatoms. The Kier molecular flexibility index (Phi) is 4.44. The second kappa shape index (κ2) is 6.88. The fourth-order valence-corrected chi connectivity index (χ4v) is 3.53. The van der Waals surface area contributed by atoms with Crippen molar-refractivity contribution in [3.8, 4) is 0 Å². The van der Waals surface area contributed by atoms with Crippen LogP contribution < -0.4 is 5.32 Å². The van der Waals surface area contributed by atoms with Gasteiger partial charge in [0.2, 0.25) is 5.91 Å². The summed E-state index contributed by atoms with van der Waals surface area (Å²) in [6.07, 6.45) is 4.06. The van der Waals surface area contributed by atoms with Gasteiger partial charge in [-0.3, -0.25) is 4.79 Å². The number of likely N-dealkylation sites (tertiary alicyclic amines) is 1. The first-order valence-electron chi connectivity index (χ1n) is 8.76. The molecule has 5 nitrogen and oxygen atoms in total. The van der Waals surface area contributed by atoms with Crippen molar-refractivity contribution in [3.05, 3.63) is 58.9 Å². The van der Waals surface area contributed by atoms with Crippen LogP contribution in [0.3, 0.4) is 0 Å². The van der Waals surface area contributed by atoms with Crippen molar-refractivity contribution >= 4 is 5.91 Å². The first-order chi connectivity index (χ1) is 12.2. The Bertz CT molecular complexity index is 777. The van der Waals surface area contributed by atoms with Crippen LogP contribution in [0.25, 0.3) is 0 Å². The van der Waals surface area contributed by atoms with Crippen molar-refractivity contribution in [2.45, 2.75) is 31.7 Å². The second-order valence-corrected chi connectivity index (χ2v) is 6.76. The number of hydrogen-bond donors (Lipinski definition) is 1. The van der Waals surface area contributed by atoms with Crippen LogP contribution in [0.4, 0.5) is 4.39 Å². The van der Waals surface area contributed by atoms with E-state index in [-0.39, 0.29) is 17.6 Å². The summed E-state index contributed by atoms with van der Waals surface area (Å²) in [4.78, 5) is 23.6. The van der Waals surface area contributed by atoms with Gasteiger partial charge >= 0.3 is 0 Å². The SMILES string of the molecule is O=C(Cc1ccc(F)cc1)N1CC[C@H](c2ncc3c(n2)CCNC3)C1. The van der Waals surface area contributed by atoms with Crippen molar-refractivity contribution in [2.75, 3.05) is 19.6 Å². The Morgan fingerprint density at radius 2 is 2.16 bits per heavy atom. The van der Waals surface area contributed by atoms with E-state index in [1.54, 1.807) is 12.1 Å². The summed E-state index contributed by atoms with van der Waals surface area (Å²) in [5.74, 6) is 0.864. The molecule has 1 aromatic heterocycles. The lowest BCUT2D eigenvalue weighted by Crippen LogP contribution is -2.30. The molecule has 1 atom stereocenters. The number of benzene rings is 1. The first kappa shape index (κ1) is 16.1. The molecule has 1 aromatic carbocycles. The molecule has 2 aromatic rings. The summed E-state index contributed by atoms with van der Waals surface area (Å²) in [5, 5.41) is 3.32. The van der Waals surface area contributed by atoms with Crippen LogP contribution in [0.2, 0.25) is 0 Å². The van der Waals surface area contributed by atoms with Crippen molar-refractivity contribution in [1.29, 1.82) is 0 Å². The minimum absolute atomic E-state index is 0.0799. The standard InChI is InChI=1S/C19H21FN4O/c20-16-3-1-13(2-4-16)9-18(25)24-8-6-14(12-24)19-22-11-15-10-21-7-5-17(15)23-19/h1-4,11,14,21H,5-10,12H2/t14-/m0/s1. The molecule has 0 unspecified atom stereocenters. The quantitative estimate of drug-likeness (QED) is 0.926. The van der Waals surface area contributed by atoms with Gasteiger partial charge in [0.15, 0.2) is 0 Å². The van der Waals surface area contributed by atoms with Gasteiger partial charge in [0.05, 0.1) is 6.42 Å². The average Bonchev–Trinajstić information content (AvgIpc) is 3.13. The summed E-state index contributed by atoms with van der Waals surface area (Å²) in [7, 11) is 0. The minimum atomic E-state index is -0.280. The number of halogens is 1. The van der Waals surface area contributed by atoms with Gasteiger partial charge in [-0.05, 0) is 24.1 Å². The normalized spacial score (nSPS) is 19.7. The number of carbonyl (C=O) groups excluding carboxylic acids is 1. The molecule has 25 heavy (non-hydrogen) atoms. The van der Waals surface area contributed by atoms with Crippen molar-refractivity contribution in [1.82, 2.24) is 20.2 Å². The second-order valence-electron chi connectivity index (χ2n) is 6.76. The van der Waals surface area contributed by atoms with Gasteiger partial charge in [-0.15, -0.1) is 0 Å². The van der Waals surface area contributed by atoms with E-state index in [4.69, 9.17) is 4.98 Å². The van der Waals surface area contributed by atoms with Crippen LogP contribution in [0.5, 0.6) is 0 Å². The third-order valence-corrected chi connectivity index (χ3v) is 5.00. The third-order valence-electron chi connectivity index (χ3n) is 5.00. The highest BCUT2D eigenvalue weighted by atomic mass is 19.1. The number of hydrogen-bond acceptors (Lipinski definition) is 4. The average molecular weight is 340 g/mol. The summed E-state index contributed by atoms with van der Waals surface area (Å²) in [5.41, 5.74) is 3.16. The van der Waals surface area contributed by atoms with Crippen molar-refractivity contribution in [2.24, 2.45) is 0 Å². The Morgan fingerprint density at radius 1 is 1.32 bits per heavy atom. The molecule has 130 valence electrons. The largest absolute Gasteiger partial charge is 0.342 e. The zero-order valence-electron chi connectivity index (χ0n) is 14.0. The molecule has 0 radical (unpaired) electrons. The van der Waals surface area contributed by atoms with Crippen molar-refractivity contribution in [3.63, 3.8) is 0 Å². The van der Waals surface area contributed by atoms with E-state index in [0.717, 1.165) is 49.6 Å². The highest BCUT2D eigenvalue weighted by Gasteiger charge is 2.29. The first-order valence-corrected chi connectivity index (χ1v) is 8.76. The number of carbonyl (C=O) groups is 1. The molecule has 2 aliphatic rings. The monoisotopic (exact) mass is 340 g/mol. The predicted octanol–water partition coefficient (Wildman–Crippen LogP) is 1.82. The number of nitrogens with one attached hydrogen (secondary N) is 1. The highest BCUT2D eigenvalue weighted by Crippen LogP contribution is 2.26. The van der Waals surface area contributed by atoms with Crippen LogP contribution in [-0.4, -0.2) is 40.4 Å². The lowest BCUT2D eigenvalue weighted by Gasteiger charge is -2.19. The Balaban J connectivity index is 1.40. The van der Waals surface area contributed by atoms with Crippen LogP contribution in [0.1, 0.15) is 35.0 Å². The van der Waals surface area contributed by atoms with Gasteiger partial charge < -0.3 is 10.2 Å². The summed E-state index contributed by atoms with van der Waals surface area (Å²) >= 11 is 0. The Hall–Kier alpha value is -2.34. The number of fused-ring (bicyclic) bond motifs is 1. The topological polar surface area (TPSA) is 58.1 Å². The number of aromatic nitrogens is 2. The van der Waals surface area contributed by atoms with Crippen LogP contribution in [0, 0.1) is 5.82 Å². The molecule has 3 heterocycles. The Labute approximate surface area is 146 Å². The molecule has 1 amide bonds. The third kappa shape index (κ3) is 3.54. The van der Waals surface area contributed by atoms with Gasteiger partial charge in [-0.1, -0.05) is 12.1 Å². The van der Waals surface area contributed by atoms with E-state index in [1.807, 2.05) is 11.1 Å². The molecule has 1 N–H and O–H groups in total. The van der Waals surface area contributed by atoms with E-state index in [0.29, 0.717) is 13.0 Å². The summed E-state index contributed by atoms with van der Waals surface area (Å²) < 4.78 is 13.0. The smallest absolute Gasteiger partial charge is 0.227 e. The van der Waals surface area contributed by atoms with Gasteiger partial charge in [-0.2, -0.15) is 0 Å². The van der Waals surface area contributed by atoms with E-state index in [2.05, 4.69) is 10.3 Å². The van der Waals surface area contributed by atoms with E-state index >= 15 is 0 Å². The number of rotatable bonds is 3. The van der Waals surface area contributed by atoms with Crippen LogP contribution in [0.15, 0.2) is 30.5 Å². The Morgan fingerprint density at radius 3 is 3.00 bits per heavy atom. The van der Waals surface area contributed by atoms with E-state index < -0.39 is 0 Å². The lowest BCUT2D eigenvalue weighted by molar-refractivity contribution is -0.129. The molecule has 0 aliphatic carbocycles. The fraction of sp³-hybridized carbons (Fsp3) is 0.421.